The number of pyridine rings is 1. The number of nitrogens with zero attached hydrogens (tertiary/aromatic N) is 4. The van der Waals surface area contributed by atoms with E-state index >= 15 is 0 Å². The molecule has 1 fully saturated rings. The maximum Gasteiger partial charge on any atom is 0.245 e. The number of carbonyl (C=O) groups is 1. The summed E-state index contributed by atoms with van der Waals surface area (Å²) < 4.78 is 30.6. The van der Waals surface area contributed by atoms with E-state index in [9.17, 15) is 13.2 Å². The molecule has 1 atom stereocenters. The molecule has 1 saturated heterocycles. The molecule has 3 heterocycles. The van der Waals surface area contributed by atoms with E-state index in [1.54, 1.807) is 24.4 Å². The number of hydrogen-bond acceptors (Lipinski definition) is 5. The Morgan fingerprint density at radius 2 is 2.03 bits per heavy atom. The Morgan fingerprint density at radius 1 is 1.26 bits per heavy atom. The molecule has 31 heavy (non-hydrogen) atoms. The second-order valence-electron chi connectivity index (χ2n) is 8.33. The molecular formula is C22H27N5O3S. The Morgan fingerprint density at radius 3 is 2.74 bits per heavy atom. The van der Waals surface area contributed by atoms with Crippen LogP contribution in [0.5, 0.6) is 0 Å². The van der Waals surface area contributed by atoms with Crippen LogP contribution in [0.25, 0.3) is 11.0 Å². The molecule has 3 aromatic rings. The molecule has 1 aliphatic rings. The molecule has 0 bridgehead atoms. The highest BCUT2D eigenvalue weighted by atomic mass is 32.2. The van der Waals surface area contributed by atoms with Crippen molar-refractivity contribution in [1.29, 1.82) is 0 Å². The lowest BCUT2D eigenvalue weighted by Crippen LogP contribution is -2.30. The predicted octanol–water partition coefficient (Wildman–Crippen LogP) is 3.46. The summed E-state index contributed by atoms with van der Waals surface area (Å²) in [4.78, 5) is 20.8. The fourth-order valence-electron chi connectivity index (χ4n) is 4.22. The number of aryl methyl sites for hydroxylation is 1. The zero-order valence-electron chi connectivity index (χ0n) is 18.2. The standard InChI is InChI=1S/C22H27N5O3S/c1-14(2)27-20-12-23-9-7-18(20)25-22(27)17-8-10-26(13-17)31(29,30)21-11-15(3)5-6-19(21)24-16(4)28/h5-7,9,11-12,14,17H,8,10,13H2,1-4H3,(H,24,28)/t17-/m1/s1. The van der Waals surface area contributed by atoms with E-state index < -0.39 is 10.0 Å². The molecule has 1 aromatic carbocycles. The lowest BCUT2D eigenvalue weighted by atomic mass is 10.1. The highest BCUT2D eigenvalue weighted by Crippen LogP contribution is 2.35. The fraction of sp³-hybridized carbons (Fsp3) is 0.409. The fourth-order valence-corrected chi connectivity index (χ4v) is 5.95. The quantitative estimate of drug-likeness (QED) is 0.654. The lowest BCUT2D eigenvalue weighted by Gasteiger charge is -2.20. The minimum absolute atomic E-state index is 0.0152. The van der Waals surface area contributed by atoms with Gasteiger partial charge in [-0.15, -0.1) is 0 Å². The van der Waals surface area contributed by atoms with E-state index in [0.717, 1.165) is 22.4 Å². The van der Waals surface area contributed by atoms with E-state index in [2.05, 4.69) is 28.7 Å². The van der Waals surface area contributed by atoms with Crippen LogP contribution in [0, 0.1) is 6.92 Å². The van der Waals surface area contributed by atoms with Crippen molar-refractivity contribution in [1.82, 2.24) is 18.8 Å². The molecule has 0 aliphatic carbocycles. The van der Waals surface area contributed by atoms with E-state index in [1.807, 2.05) is 19.2 Å². The number of imidazole rings is 1. The van der Waals surface area contributed by atoms with Gasteiger partial charge in [0, 0.05) is 38.2 Å². The SMILES string of the molecule is CC(=O)Nc1ccc(C)cc1S(=O)(=O)N1CC[C@@H](c2nc3ccncc3n2C(C)C)C1. The number of benzene rings is 1. The summed E-state index contributed by atoms with van der Waals surface area (Å²) in [6, 6.07) is 7.10. The van der Waals surface area contributed by atoms with Gasteiger partial charge in [0.1, 0.15) is 10.7 Å². The van der Waals surface area contributed by atoms with Gasteiger partial charge in [-0.2, -0.15) is 4.31 Å². The molecule has 0 saturated carbocycles. The van der Waals surface area contributed by atoms with Crippen molar-refractivity contribution in [2.45, 2.75) is 51.0 Å². The number of hydrogen-bond donors (Lipinski definition) is 1. The summed E-state index contributed by atoms with van der Waals surface area (Å²) in [5.74, 6) is 0.569. The van der Waals surface area contributed by atoms with Gasteiger partial charge in [-0.1, -0.05) is 6.07 Å². The molecule has 164 valence electrons. The van der Waals surface area contributed by atoms with Crippen molar-refractivity contribution in [2.24, 2.45) is 0 Å². The average molecular weight is 442 g/mol. The van der Waals surface area contributed by atoms with Crippen LogP contribution in [-0.2, 0) is 14.8 Å². The number of fused-ring (bicyclic) bond motifs is 1. The number of sulfonamides is 1. The first kappa shape index (κ1) is 21.5. The number of nitrogens with one attached hydrogen (secondary N) is 1. The maximum absolute atomic E-state index is 13.5. The second-order valence-corrected chi connectivity index (χ2v) is 10.2. The van der Waals surface area contributed by atoms with Crippen LogP contribution in [0.2, 0.25) is 0 Å². The van der Waals surface area contributed by atoms with Crippen molar-refractivity contribution in [3.05, 3.63) is 48.0 Å². The van der Waals surface area contributed by atoms with Gasteiger partial charge in [0.05, 0.1) is 22.9 Å². The van der Waals surface area contributed by atoms with Crippen LogP contribution >= 0.6 is 0 Å². The van der Waals surface area contributed by atoms with Gasteiger partial charge in [0.2, 0.25) is 15.9 Å². The van der Waals surface area contributed by atoms with Crippen LogP contribution in [-0.4, -0.2) is 46.3 Å². The minimum Gasteiger partial charge on any atom is -0.325 e. The summed E-state index contributed by atoms with van der Waals surface area (Å²) in [5.41, 5.74) is 2.95. The van der Waals surface area contributed by atoms with E-state index in [4.69, 9.17) is 4.98 Å². The van der Waals surface area contributed by atoms with Crippen molar-refractivity contribution < 1.29 is 13.2 Å². The Labute approximate surface area is 182 Å². The highest BCUT2D eigenvalue weighted by molar-refractivity contribution is 7.89. The first-order chi connectivity index (χ1) is 14.7. The first-order valence-electron chi connectivity index (χ1n) is 10.4. The van der Waals surface area contributed by atoms with Gasteiger partial charge < -0.3 is 9.88 Å². The van der Waals surface area contributed by atoms with Gasteiger partial charge in [-0.25, -0.2) is 13.4 Å². The third kappa shape index (κ3) is 3.95. The molecule has 1 amide bonds. The monoisotopic (exact) mass is 441 g/mol. The van der Waals surface area contributed by atoms with Gasteiger partial charge in [0.15, 0.2) is 0 Å². The smallest absolute Gasteiger partial charge is 0.245 e. The lowest BCUT2D eigenvalue weighted by molar-refractivity contribution is -0.114. The Hall–Kier alpha value is -2.78. The van der Waals surface area contributed by atoms with Crippen molar-refractivity contribution >= 4 is 32.7 Å². The summed E-state index contributed by atoms with van der Waals surface area (Å²) >= 11 is 0. The molecule has 4 rings (SSSR count). The minimum atomic E-state index is -3.77. The molecule has 0 unspecified atom stereocenters. The summed E-state index contributed by atoms with van der Waals surface area (Å²) in [5, 5.41) is 2.65. The van der Waals surface area contributed by atoms with Crippen LogP contribution in [0.15, 0.2) is 41.6 Å². The van der Waals surface area contributed by atoms with E-state index in [-0.39, 0.29) is 22.8 Å². The summed E-state index contributed by atoms with van der Waals surface area (Å²) in [7, 11) is -3.77. The zero-order valence-corrected chi connectivity index (χ0v) is 19.0. The number of amides is 1. The molecule has 1 aliphatic heterocycles. The largest absolute Gasteiger partial charge is 0.325 e. The zero-order chi connectivity index (χ0) is 22.3. The molecule has 8 nitrogen and oxygen atoms in total. The van der Waals surface area contributed by atoms with Gasteiger partial charge in [-0.05, 0) is 51.0 Å². The van der Waals surface area contributed by atoms with E-state index in [1.165, 1.54) is 11.2 Å². The van der Waals surface area contributed by atoms with Crippen molar-refractivity contribution in [3.63, 3.8) is 0 Å². The number of aromatic nitrogens is 3. The van der Waals surface area contributed by atoms with Gasteiger partial charge in [0.25, 0.3) is 0 Å². The number of carbonyl (C=O) groups excluding carboxylic acids is 1. The van der Waals surface area contributed by atoms with Crippen LogP contribution in [0.4, 0.5) is 5.69 Å². The first-order valence-corrected chi connectivity index (χ1v) is 11.8. The van der Waals surface area contributed by atoms with Gasteiger partial charge >= 0.3 is 0 Å². The van der Waals surface area contributed by atoms with Crippen LogP contribution < -0.4 is 5.32 Å². The third-order valence-electron chi connectivity index (χ3n) is 5.62. The third-order valence-corrected chi connectivity index (χ3v) is 7.52. The summed E-state index contributed by atoms with van der Waals surface area (Å²) in [6.45, 7) is 8.14. The molecular weight excluding hydrogens is 414 g/mol. The number of rotatable bonds is 5. The molecule has 0 spiro atoms. The van der Waals surface area contributed by atoms with E-state index in [0.29, 0.717) is 25.2 Å². The Balaban J connectivity index is 1.69. The highest BCUT2D eigenvalue weighted by Gasteiger charge is 2.37. The maximum atomic E-state index is 13.5. The summed E-state index contributed by atoms with van der Waals surface area (Å²) in [6.07, 6.45) is 4.21. The van der Waals surface area contributed by atoms with Crippen LogP contribution in [0.1, 0.15) is 50.5 Å². The van der Waals surface area contributed by atoms with Gasteiger partial charge in [-0.3, -0.25) is 9.78 Å². The Kier molecular flexibility index (Phi) is 5.57. The second kappa shape index (κ2) is 8.05. The molecule has 2 aromatic heterocycles. The van der Waals surface area contributed by atoms with Crippen LogP contribution in [0.3, 0.4) is 0 Å². The average Bonchev–Trinajstić information content (AvgIpc) is 3.33. The normalized spacial score (nSPS) is 17.5. The predicted molar refractivity (Wildman–Crippen MR) is 120 cm³/mol. The molecule has 0 radical (unpaired) electrons. The molecule has 9 heteroatoms. The van der Waals surface area contributed by atoms with Crippen molar-refractivity contribution in [2.75, 3.05) is 18.4 Å². The topological polar surface area (TPSA) is 97.2 Å². The molecule has 1 N–H and O–H groups in total. The van der Waals surface area contributed by atoms with Crippen molar-refractivity contribution in [3.8, 4) is 0 Å². The Bertz CT molecular complexity index is 1250. The number of anilines is 1.